The summed E-state index contributed by atoms with van der Waals surface area (Å²) in [5.41, 5.74) is 0. The van der Waals surface area contributed by atoms with Crippen LogP contribution in [-0.4, -0.2) is 42.4 Å². The Morgan fingerprint density at radius 2 is 2.32 bits per heavy atom. The van der Waals surface area contributed by atoms with E-state index < -0.39 is 0 Å². The number of anilines is 1. The minimum absolute atomic E-state index is 0.203. The van der Waals surface area contributed by atoms with Crippen molar-refractivity contribution in [2.75, 3.05) is 25.2 Å². The SMILES string of the molecule is CCOCc1nc(Cl)cc(N(C)C2CCOC2C)n1. The van der Waals surface area contributed by atoms with Gasteiger partial charge in [-0.2, -0.15) is 0 Å². The zero-order valence-electron chi connectivity index (χ0n) is 11.6. The highest BCUT2D eigenvalue weighted by Gasteiger charge is 2.29. The second-order valence-electron chi connectivity index (χ2n) is 4.65. The normalized spacial score (nSPS) is 22.7. The molecule has 1 aromatic heterocycles. The third-order valence-electron chi connectivity index (χ3n) is 3.36. The monoisotopic (exact) mass is 285 g/mol. The highest BCUT2D eigenvalue weighted by atomic mass is 35.5. The molecule has 106 valence electrons. The van der Waals surface area contributed by atoms with Gasteiger partial charge in [0.25, 0.3) is 0 Å². The van der Waals surface area contributed by atoms with E-state index in [0.29, 0.717) is 30.2 Å². The van der Waals surface area contributed by atoms with Crippen LogP contribution < -0.4 is 4.90 Å². The van der Waals surface area contributed by atoms with Gasteiger partial charge in [0.05, 0.1) is 12.1 Å². The minimum Gasteiger partial charge on any atom is -0.376 e. The van der Waals surface area contributed by atoms with E-state index in [9.17, 15) is 0 Å². The number of ether oxygens (including phenoxy) is 2. The summed E-state index contributed by atoms with van der Waals surface area (Å²) in [5, 5.41) is 0.443. The summed E-state index contributed by atoms with van der Waals surface area (Å²) >= 11 is 6.05. The van der Waals surface area contributed by atoms with Crippen LogP contribution in [-0.2, 0) is 16.1 Å². The topological polar surface area (TPSA) is 47.5 Å². The molecule has 2 unspecified atom stereocenters. The fraction of sp³-hybridized carbons (Fsp3) is 0.692. The summed E-state index contributed by atoms with van der Waals surface area (Å²) in [5.74, 6) is 1.43. The maximum Gasteiger partial charge on any atom is 0.158 e. The van der Waals surface area contributed by atoms with Crippen LogP contribution in [0.1, 0.15) is 26.1 Å². The van der Waals surface area contributed by atoms with Crippen LogP contribution in [0.25, 0.3) is 0 Å². The molecule has 0 N–H and O–H groups in total. The van der Waals surface area contributed by atoms with Crippen LogP contribution in [0.2, 0.25) is 5.15 Å². The van der Waals surface area contributed by atoms with Gasteiger partial charge in [-0.25, -0.2) is 9.97 Å². The fourth-order valence-electron chi connectivity index (χ4n) is 2.29. The van der Waals surface area contributed by atoms with Crippen molar-refractivity contribution < 1.29 is 9.47 Å². The summed E-state index contributed by atoms with van der Waals surface area (Å²) in [6, 6.07) is 2.10. The Kier molecular flexibility index (Phi) is 4.96. The van der Waals surface area contributed by atoms with Crippen molar-refractivity contribution in [1.82, 2.24) is 9.97 Å². The lowest BCUT2D eigenvalue weighted by Gasteiger charge is -2.28. The molecular weight excluding hydrogens is 266 g/mol. The molecule has 0 bridgehead atoms. The Hall–Kier alpha value is -0.910. The minimum atomic E-state index is 0.203. The van der Waals surface area contributed by atoms with Gasteiger partial charge in [-0.3, -0.25) is 0 Å². The Labute approximate surface area is 118 Å². The molecule has 1 aliphatic rings. The molecule has 0 radical (unpaired) electrons. The van der Waals surface area contributed by atoms with Gasteiger partial charge in [-0.1, -0.05) is 11.6 Å². The first-order valence-corrected chi connectivity index (χ1v) is 6.95. The molecular formula is C13H20ClN3O2. The number of rotatable bonds is 5. The zero-order valence-corrected chi connectivity index (χ0v) is 12.4. The second kappa shape index (κ2) is 6.50. The predicted molar refractivity (Wildman–Crippen MR) is 74.6 cm³/mol. The molecule has 6 heteroatoms. The van der Waals surface area contributed by atoms with E-state index in [-0.39, 0.29) is 6.10 Å². The maximum atomic E-state index is 6.05. The van der Waals surface area contributed by atoms with Crippen LogP contribution in [0, 0.1) is 0 Å². The van der Waals surface area contributed by atoms with E-state index in [4.69, 9.17) is 21.1 Å². The Balaban J connectivity index is 2.16. The third-order valence-corrected chi connectivity index (χ3v) is 3.55. The van der Waals surface area contributed by atoms with Crippen molar-refractivity contribution in [3.8, 4) is 0 Å². The number of halogens is 1. The molecule has 2 rings (SSSR count). The maximum absolute atomic E-state index is 6.05. The van der Waals surface area contributed by atoms with Crippen LogP contribution >= 0.6 is 11.6 Å². The predicted octanol–water partition coefficient (Wildman–Crippen LogP) is 2.28. The smallest absolute Gasteiger partial charge is 0.158 e. The van der Waals surface area contributed by atoms with Crippen molar-refractivity contribution in [1.29, 1.82) is 0 Å². The first-order chi connectivity index (χ1) is 9.11. The van der Waals surface area contributed by atoms with E-state index in [2.05, 4.69) is 21.8 Å². The van der Waals surface area contributed by atoms with E-state index in [1.807, 2.05) is 14.0 Å². The molecule has 0 aliphatic carbocycles. The van der Waals surface area contributed by atoms with Gasteiger partial charge in [-0.15, -0.1) is 0 Å². The molecule has 5 nitrogen and oxygen atoms in total. The van der Waals surface area contributed by atoms with Gasteiger partial charge < -0.3 is 14.4 Å². The lowest BCUT2D eigenvalue weighted by atomic mass is 10.1. The van der Waals surface area contributed by atoms with Gasteiger partial charge >= 0.3 is 0 Å². The number of hydrogen-bond acceptors (Lipinski definition) is 5. The second-order valence-corrected chi connectivity index (χ2v) is 5.03. The number of likely N-dealkylation sites (N-methyl/N-ethyl adjacent to an activating group) is 1. The summed E-state index contributed by atoms with van der Waals surface area (Å²) in [7, 11) is 2.01. The molecule has 0 aromatic carbocycles. The number of nitrogens with zero attached hydrogens (tertiary/aromatic N) is 3. The van der Waals surface area contributed by atoms with E-state index >= 15 is 0 Å². The van der Waals surface area contributed by atoms with Crippen LogP contribution in [0.3, 0.4) is 0 Å². The average Bonchev–Trinajstić information content (AvgIpc) is 2.81. The Morgan fingerprint density at radius 3 is 2.95 bits per heavy atom. The standard InChI is InChI=1S/C13H20ClN3O2/c1-4-18-8-12-15-11(14)7-13(16-12)17(3)10-5-6-19-9(10)2/h7,9-10H,4-6,8H2,1-3H3. The average molecular weight is 286 g/mol. The molecule has 1 saturated heterocycles. The van der Waals surface area contributed by atoms with Gasteiger partial charge in [-0.05, 0) is 20.3 Å². The fourth-order valence-corrected chi connectivity index (χ4v) is 2.48. The summed E-state index contributed by atoms with van der Waals surface area (Å²) in [6.07, 6.45) is 1.20. The summed E-state index contributed by atoms with van der Waals surface area (Å²) < 4.78 is 10.9. The van der Waals surface area contributed by atoms with Crippen molar-refractivity contribution in [3.63, 3.8) is 0 Å². The molecule has 1 aromatic rings. The lowest BCUT2D eigenvalue weighted by Crippen LogP contribution is -2.37. The molecule has 0 saturated carbocycles. The van der Waals surface area contributed by atoms with Crippen LogP contribution in [0.4, 0.5) is 5.82 Å². The van der Waals surface area contributed by atoms with Gasteiger partial charge in [0, 0.05) is 26.3 Å². The number of aromatic nitrogens is 2. The van der Waals surface area contributed by atoms with Gasteiger partial charge in [0.2, 0.25) is 0 Å². The molecule has 1 fully saturated rings. The van der Waals surface area contributed by atoms with Crippen molar-refractivity contribution in [2.45, 2.75) is 39.0 Å². The largest absolute Gasteiger partial charge is 0.376 e. The molecule has 2 heterocycles. The van der Waals surface area contributed by atoms with Crippen molar-refractivity contribution in [3.05, 3.63) is 17.0 Å². The highest BCUT2D eigenvalue weighted by molar-refractivity contribution is 6.29. The Morgan fingerprint density at radius 1 is 1.53 bits per heavy atom. The molecule has 2 atom stereocenters. The molecule has 1 aliphatic heterocycles. The van der Waals surface area contributed by atoms with E-state index in [0.717, 1.165) is 18.8 Å². The Bertz CT molecular complexity index is 430. The quantitative estimate of drug-likeness (QED) is 0.777. The van der Waals surface area contributed by atoms with E-state index in [1.54, 1.807) is 6.07 Å². The van der Waals surface area contributed by atoms with Crippen molar-refractivity contribution in [2.24, 2.45) is 0 Å². The first-order valence-electron chi connectivity index (χ1n) is 6.57. The highest BCUT2D eigenvalue weighted by Crippen LogP contribution is 2.24. The summed E-state index contributed by atoms with van der Waals surface area (Å²) in [6.45, 7) is 5.83. The van der Waals surface area contributed by atoms with Crippen molar-refractivity contribution >= 4 is 17.4 Å². The van der Waals surface area contributed by atoms with Crippen LogP contribution in [0.15, 0.2) is 6.07 Å². The first kappa shape index (κ1) is 14.5. The lowest BCUT2D eigenvalue weighted by molar-refractivity contribution is 0.118. The summed E-state index contributed by atoms with van der Waals surface area (Å²) in [4.78, 5) is 10.8. The van der Waals surface area contributed by atoms with Gasteiger partial charge in [0.1, 0.15) is 17.6 Å². The molecule has 0 spiro atoms. The van der Waals surface area contributed by atoms with Gasteiger partial charge in [0.15, 0.2) is 5.82 Å². The molecule has 19 heavy (non-hydrogen) atoms. The third kappa shape index (κ3) is 3.55. The zero-order chi connectivity index (χ0) is 13.8. The molecule has 0 amide bonds. The van der Waals surface area contributed by atoms with E-state index in [1.165, 1.54) is 0 Å². The van der Waals surface area contributed by atoms with Crippen LogP contribution in [0.5, 0.6) is 0 Å². The number of hydrogen-bond donors (Lipinski definition) is 0.